The van der Waals surface area contributed by atoms with Gasteiger partial charge < -0.3 is 4.90 Å². The number of piperazine rings is 1. The summed E-state index contributed by atoms with van der Waals surface area (Å²) in [5.41, 5.74) is 0.215. The van der Waals surface area contributed by atoms with Gasteiger partial charge in [-0.25, -0.2) is 12.7 Å². The van der Waals surface area contributed by atoms with Crippen molar-refractivity contribution in [2.75, 3.05) is 39.0 Å². The van der Waals surface area contributed by atoms with Crippen LogP contribution in [0.5, 0.6) is 0 Å². The van der Waals surface area contributed by atoms with Crippen LogP contribution in [-0.4, -0.2) is 79.5 Å². The minimum Gasteiger partial charge on any atom is -0.340 e. The molecule has 1 saturated carbocycles. The van der Waals surface area contributed by atoms with Gasteiger partial charge in [0.1, 0.15) is 0 Å². The molecule has 1 amide bonds. The van der Waals surface area contributed by atoms with E-state index in [1.807, 2.05) is 0 Å². The summed E-state index contributed by atoms with van der Waals surface area (Å²) in [5.74, 6) is 0.481. The van der Waals surface area contributed by atoms with Gasteiger partial charge in [0.05, 0.1) is 6.26 Å². The third-order valence-electron chi connectivity index (χ3n) is 6.61. The zero-order valence-electron chi connectivity index (χ0n) is 16.1. The Morgan fingerprint density at radius 1 is 1.08 bits per heavy atom. The van der Waals surface area contributed by atoms with Gasteiger partial charge in [-0.05, 0) is 51.9 Å². The highest BCUT2D eigenvalue weighted by molar-refractivity contribution is 7.88. The average Bonchev–Trinajstić information content (AvgIpc) is 2.50. The predicted molar refractivity (Wildman–Crippen MR) is 98.7 cm³/mol. The van der Waals surface area contributed by atoms with E-state index >= 15 is 0 Å². The number of carbonyl (C=O) groups is 1. The van der Waals surface area contributed by atoms with E-state index in [9.17, 15) is 13.2 Å². The van der Waals surface area contributed by atoms with E-state index in [1.165, 1.54) is 6.26 Å². The van der Waals surface area contributed by atoms with Crippen LogP contribution in [0.25, 0.3) is 0 Å². The highest BCUT2D eigenvalue weighted by Gasteiger charge is 2.50. The van der Waals surface area contributed by atoms with E-state index < -0.39 is 10.0 Å². The van der Waals surface area contributed by atoms with Crippen molar-refractivity contribution in [3.05, 3.63) is 0 Å². The molecule has 0 aromatic carbocycles. The molecule has 3 rings (SSSR count). The lowest BCUT2D eigenvalue weighted by Crippen LogP contribution is -2.58. The van der Waals surface area contributed by atoms with Gasteiger partial charge in [-0.1, -0.05) is 0 Å². The lowest BCUT2D eigenvalue weighted by Gasteiger charge is -2.53. The maximum absolute atomic E-state index is 12.9. The first-order chi connectivity index (χ1) is 11.6. The van der Waals surface area contributed by atoms with Gasteiger partial charge >= 0.3 is 0 Å². The zero-order valence-corrected chi connectivity index (χ0v) is 16.9. The fourth-order valence-corrected chi connectivity index (χ4v) is 5.90. The first-order valence-corrected chi connectivity index (χ1v) is 11.5. The summed E-state index contributed by atoms with van der Waals surface area (Å²) in [6.45, 7) is 10.5. The van der Waals surface area contributed by atoms with Crippen molar-refractivity contribution in [2.45, 2.75) is 58.5 Å². The van der Waals surface area contributed by atoms with Crippen LogP contribution < -0.4 is 0 Å². The van der Waals surface area contributed by atoms with Crippen LogP contribution in [-0.2, 0) is 14.8 Å². The number of piperidine rings is 1. The molecular formula is C18H33N3O3S. The summed E-state index contributed by atoms with van der Waals surface area (Å²) < 4.78 is 24.9. The summed E-state index contributed by atoms with van der Waals surface area (Å²) in [7, 11) is -3.07. The minimum atomic E-state index is -3.07. The summed E-state index contributed by atoms with van der Waals surface area (Å²) in [4.78, 5) is 17.4. The van der Waals surface area contributed by atoms with E-state index in [1.54, 1.807) is 4.31 Å². The molecular weight excluding hydrogens is 338 g/mol. The highest BCUT2D eigenvalue weighted by atomic mass is 32.2. The first kappa shape index (κ1) is 19.1. The van der Waals surface area contributed by atoms with Crippen molar-refractivity contribution < 1.29 is 13.2 Å². The van der Waals surface area contributed by atoms with Crippen molar-refractivity contribution in [1.82, 2.24) is 14.1 Å². The molecule has 7 heteroatoms. The van der Waals surface area contributed by atoms with Crippen molar-refractivity contribution in [2.24, 2.45) is 11.3 Å². The molecule has 0 N–H and O–H groups in total. The van der Waals surface area contributed by atoms with Crippen LogP contribution in [0.1, 0.15) is 46.5 Å². The molecule has 1 aliphatic carbocycles. The monoisotopic (exact) mass is 371 g/mol. The molecule has 0 aromatic rings. The Morgan fingerprint density at radius 3 is 2.16 bits per heavy atom. The number of rotatable bonds is 3. The van der Waals surface area contributed by atoms with Gasteiger partial charge in [0.25, 0.3) is 0 Å². The van der Waals surface area contributed by atoms with E-state index in [0.29, 0.717) is 31.1 Å². The minimum absolute atomic E-state index is 0.155. The van der Waals surface area contributed by atoms with E-state index in [0.717, 1.165) is 45.3 Å². The molecule has 0 bridgehead atoms. The van der Waals surface area contributed by atoms with Gasteiger partial charge in [-0.15, -0.1) is 0 Å². The lowest BCUT2D eigenvalue weighted by atomic mass is 9.57. The molecule has 3 aliphatic rings. The van der Waals surface area contributed by atoms with Gasteiger partial charge in [0.15, 0.2) is 0 Å². The number of nitrogens with zero attached hydrogens (tertiary/aromatic N) is 3. The largest absolute Gasteiger partial charge is 0.340 e. The molecule has 1 atom stereocenters. The van der Waals surface area contributed by atoms with Crippen LogP contribution in [0.15, 0.2) is 0 Å². The van der Waals surface area contributed by atoms with Gasteiger partial charge in [0.2, 0.25) is 15.9 Å². The zero-order chi connectivity index (χ0) is 18.4. The third kappa shape index (κ3) is 3.88. The maximum Gasteiger partial charge on any atom is 0.225 e. The Hall–Kier alpha value is -0.660. The normalized spacial score (nSPS) is 29.2. The standard InChI is InChI=1S/C18H33N3O3S/c1-14(2)21-10-9-19(13-15(21)3)17(22)16-11-18(12-16)5-7-20(8-6-18)25(4,23)24/h14-16H,5-13H2,1-4H3. The third-order valence-corrected chi connectivity index (χ3v) is 7.92. The molecule has 2 heterocycles. The number of amides is 1. The highest BCUT2D eigenvalue weighted by Crippen LogP contribution is 2.53. The topological polar surface area (TPSA) is 60.9 Å². The molecule has 0 radical (unpaired) electrons. The second-order valence-electron chi connectivity index (χ2n) is 8.73. The van der Waals surface area contributed by atoms with Crippen LogP contribution in [0.2, 0.25) is 0 Å². The van der Waals surface area contributed by atoms with E-state index in [2.05, 4.69) is 30.6 Å². The van der Waals surface area contributed by atoms with E-state index in [4.69, 9.17) is 0 Å². The molecule has 144 valence electrons. The van der Waals surface area contributed by atoms with Crippen molar-refractivity contribution in [3.63, 3.8) is 0 Å². The van der Waals surface area contributed by atoms with Crippen LogP contribution in [0.3, 0.4) is 0 Å². The van der Waals surface area contributed by atoms with Crippen LogP contribution in [0, 0.1) is 11.3 Å². The van der Waals surface area contributed by atoms with Crippen molar-refractivity contribution in [1.29, 1.82) is 0 Å². The summed E-state index contributed by atoms with van der Waals surface area (Å²) in [5, 5.41) is 0. The molecule has 25 heavy (non-hydrogen) atoms. The fourth-order valence-electron chi connectivity index (χ4n) is 5.06. The number of hydrogen-bond donors (Lipinski definition) is 0. The Kier molecular flexibility index (Phi) is 5.21. The molecule has 2 aliphatic heterocycles. The first-order valence-electron chi connectivity index (χ1n) is 9.61. The van der Waals surface area contributed by atoms with Crippen molar-refractivity contribution in [3.8, 4) is 0 Å². The lowest BCUT2D eigenvalue weighted by molar-refractivity contribution is -0.148. The van der Waals surface area contributed by atoms with Gasteiger partial charge in [-0.2, -0.15) is 0 Å². The van der Waals surface area contributed by atoms with Crippen LogP contribution >= 0.6 is 0 Å². The number of sulfonamides is 1. The molecule has 3 fully saturated rings. The predicted octanol–water partition coefficient (Wildman–Crippen LogP) is 1.38. The van der Waals surface area contributed by atoms with Gasteiger partial charge in [-0.3, -0.25) is 9.69 Å². The molecule has 6 nitrogen and oxygen atoms in total. The summed E-state index contributed by atoms with van der Waals surface area (Å²) >= 11 is 0. The van der Waals surface area contributed by atoms with Gasteiger partial charge in [0, 0.05) is 50.7 Å². The summed E-state index contributed by atoms with van der Waals surface area (Å²) in [6.07, 6.45) is 4.99. The number of carbonyl (C=O) groups excluding carboxylic acids is 1. The molecule has 1 unspecified atom stereocenters. The molecule has 1 spiro atoms. The van der Waals surface area contributed by atoms with Crippen LogP contribution in [0.4, 0.5) is 0 Å². The SMILES string of the molecule is CC(C)N1CCN(C(=O)C2CC3(CCN(S(C)(=O)=O)CC3)C2)CC1C. The van der Waals surface area contributed by atoms with Crippen molar-refractivity contribution >= 4 is 15.9 Å². The average molecular weight is 372 g/mol. The van der Waals surface area contributed by atoms with E-state index in [-0.39, 0.29) is 11.3 Å². The Balaban J connectivity index is 1.49. The number of hydrogen-bond acceptors (Lipinski definition) is 4. The second-order valence-corrected chi connectivity index (χ2v) is 10.7. The Labute approximate surface area is 152 Å². The Bertz CT molecular complexity index is 603. The molecule has 0 aromatic heterocycles. The molecule has 2 saturated heterocycles. The second kappa shape index (κ2) is 6.82. The summed E-state index contributed by atoms with van der Waals surface area (Å²) in [6, 6.07) is 0.948. The Morgan fingerprint density at radius 2 is 1.68 bits per heavy atom. The quantitative estimate of drug-likeness (QED) is 0.752. The maximum atomic E-state index is 12.9. The fraction of sp³-hybridized carbons (Fsp3) is 0.944. The smallest absolute Gasteiger partial charge is 0.225 e.